The van der Waals surface area contributed by atoms with Crippen molar-refractivity contribution in [3.63, 3.8) is 0 Å². The average Bonchev–Trinajstić information content (AvgIpc) is 2.91. The van der Waals surface area contributed by atoms with Gasteiger partial charge < -0.3 is 0 Å². The van der Waals surface area contributed by atoms with Crippen molar-refractivity contribution < 1.29 is 4.92 Å². The maximum absolute atomic E-state index is 11.5. The molecule has 0 fully saturated rings. The number of hydrogen-bond acceptors (Lipinski definition) is 4. The van der Waals surface area contributed by atoms with E-state index >= 15 is 0 Å². The van der Waals surface area contributed by atoms with Gasteiger partial charge in [-0.2, -0.15) is 0 Å². The topological polar surface area (TPSA) is 68.9 Å². The van der Waals surface area contributed by atoms with E-state index in [1.165, 1.54) is 17.2 Å². The maximum atomic E-state index is 11.5. The van der Waals surface area contributed by atoms with Crippen molar-refractivity contribution in [2.75, 3.05) is 0 Å². The molecule has 0 saturated carbocycles. The Bertz CT molecular complexity index is 1680. The van der Waals surface area contributed by atoms with Gasteiger partial charge in [0.15, 0.2) is 0 Å². The zero-order valence-corrected chi connectivity index (χ0v) is 23.3. The van der Waals surface area contributed by atoms with Crippen molar-refractivity contribution in [1.29, 1.82) is 0 Å². The molecular weight excluding hydrogens is 482 g/mol. The molecule has 0 atom stereocenters. The van der Waals surface area contributed by atoms with E-state index in [0.29, 0.717) is 11.3 Å². The number of pyridine rings is 2. The standard InChI is InChI=1S/C34H33N3O2/c1-33(2,3)27-14-25(15-28(20-27)34(4,5)6)26-18-30(23-12-9-13-29(16-23)37(38)39)36-32(19-26)31-17-22-10-7-8-11-24(22)21-35-31/h7-21H,1-6H3. The van der Waals surface area contributed by atoms with Crippen molar-refractivity contribution in [2.24, 2.45) is 0 Å². The lowest BCUT2D eigenvalue weighted by Crippen LogP contribution is -2.16. The number of hydrogen-bond donors (Lipinski definition) is 0. The number of rotatable bonds is 4. The Kier molecular flexibility index (Phi) is 6.55. The third kappa shape index (κ3) is 5.58. The number of fused-ring (bicyclic) bond motifs is 1. The maximum Gasteiger partial charge on any atom is 0.270 e. The zero-order valence-electron chi connectivity index (χ0n) is 23.3. The van der Waals surface area contributed by atoms with Gasteiger partial charge in [-0.3, -0.25) is 15.1 Å². The number of nitro benzene ring substituents is 1. The first kappa shape index (κ1) is 26.2. The van der Waals surface area contributed by atoms with E-state index in [2.05, 4.69) is 71.9 Å². The summed E-state index contributed by atoms with van der Waals surface area (Å²) in [7, 11) is 0. The molecule has 0 N–H and O–H groups in total. The lowest BCUT2D eigenvalue weighted by molar-refractivity contribution is -0.384. The van der Waals surface area contributed by atoms with Gasteiger partial charge >= 0.3 is 0 Å². The molecule has 2 aromatic heterocycles. The third-order valence-electron chi connectivity index (χ3n) is 7.07. The molecule has 0 radical (unpaired) electrons. The first-order chi connectivity index (χ1) is 18.4. The van der Waals surface area contributed by atoms with Crippen LogP contribution < -0.4 is 0 Å². The molecule has 5 heteroatoms. The lowest BCUT2D eigenvalue weighted by atomic mass is 9.79. The number of nitrogens with zero attached hydrogens (tertiary/aromatic N) is 3. The first-order valence-electron chi connectivity index (χ1n) is 13.2. The number of aromatic nitrogens is 2. The van der Waals surface area contributed by atoms with E-state index < -0.39 is 0 Å². The Balaban J connectivity index is 1.77. The predicted octanol–water partition coefficient (Wildman–Crippen LogP) is 9.13. The summed E-state index contributed by atoms with van der Waals surface area (Å²) in [5.41, 5.74) is 7.39. The fraction of sp³-hybridized carbons (Fsp3) is 0.235. The molecule has 0 bridgehead atoms. The second kappa shape index (κ2) is 9.73. The lowest BCUT2D eigenvalue weighted by Gasteiger charge is -2.26. The summed E-state index contributed by atoms with van der Waals surface area (Å²) in [6.07, 6.45) is 1.87. The van der Waals surface area contributed by atoms with Gasteiger partial charge in [0.1, 0.15) is 0 Å². The number of nitro groups is 1. The van der Waals surface area contributed by atoms with Crippen LogP contribution in [0.15, 0.2) is 91.1 Å². The van der Waals surface area contributed by atoms with Gasteiger partial charge in [0.05, 0.1) is 22.0 Å². The van der Waals surface area contributed by atoms with Crippen LogP contribution in [0.3, 0.4) is 0 Å². The third-order valence-corrected chi connectivity index (χ3v) is 7.07. The van der Waals surface area contributed by atoms with Crippen LogP contribution in [0.4, 0.5) is 5.69 Å². The van der Waals surface area contributed by atoms with Gasteiger partial charge in [0.2, 0.25) is 0 Å². The highest BCUT2D eigenvalue weighted by molar-refractivity contribution is 5.86. The van der Waals surface area contributed by atoms with E-state index in [9.17, 15) is 10.1 Å². The molecular formula is C34H33N3O2. The van der Waals surface area contributed by atoms with Crippen LogP contribution in [0.2, 0.25) is 0 Å². The van der Waals surface area contributed by atoms with Crippen LogP contribution in [0, 0.1) is 10.1 Å². The molecule has 39 heavy (non-hydrogen) atoms. The SMILES string of the molecule is CC(C)(C)c1cc(-c2cc(-c3cccc([N+](=O)[O-])c3)nc(-c3cc4ccccc4cn3)c2)cc(C(C)(C)C)c1. The Morgan fingerprint density at radius 1 is 0.615 bits per heavy atom. The molecule has 0 aliphatic carbocycles. The molecule has 3 aromatic carbocycles. The Morgan fingerprint density at radius 2 is 1.23 bits per heavy atom. The predicted molar refractivity (Wildman–Crippen MR) is 160 cm³/mol. The van der Waals surface area contributed by atoms with Crippen LogP contribution in [0.5, 0.6) is 0 Å². The highest BCUT2D eigenvalue weighted by Gasteiger charge is 2.22. The second-order valence-corrected chi connectivity index (χ2v) is 12.1. The number of non-ortho nitro benzene ring substituents is 1. The molecule has 5 aromatic rings. The minimum Gasteiger partial charge on any atom is -0.258 e. The van der Waals surface area contributed by atoms with Crippen molar-refractivity contribution in [1.82, 2.24) is 9.97 Å². The van der Waals surface area contributed by atoms with E-state index in [0.717, 1.165) is 33.3 Å². The molecule has 2 heterocycles. The fourth-order valence-corrected chi connectivity index (χ4v) is 4.64. The van der Waals surface area contributed by atoms with Gasteiger partial charge in [-0.25, -0.2) is 4.98 Å². The van der Waals surface area contributed by atoms with E-state index in [4.69, 9.17) is 9.97 Å². The normalized spacial score (nSPS) is 12.1. The average molecular weight is 516 g/mol. The molecule has 0 unspecified atom stereocenters. The van der Waals surface area contributed by atoms with Crippen LogP contribution in [0.25, 0.3) is 44.5 Å². The minimum absolute atomic E-state index is 0.0331. The molecule has 0 spiro atoms. The van der Waals surface area contributed by atoms with Crippen molar-refractivity contribution in [2.45, 2.75) is 52.4 Å². The van der Waals surface area contributed by atoms with Gasteiger partial charge in [-0.15, -0.1) is 0 Å². The molecule has 0 amide bonds. The highest BCUT2D eigenvalue weighted by Crippen LogP contribution is 2.37. The monoisotopic (exact) mass is 515 g/mol. The quantitative estimate of drug-likeness (QED) is 0.177. The summed E-state index contributed by atoms with van der Waals surface area (Å²) in [5, 5.41) is 13.7. The summed E-state index contributed by atoms with van der Waals surface area (Å²) < 4.78 is 0. The fourth-order valence-electron chi connectivity index (χ4n) is 4.64. The van der Waals surface area contributed by atoms with E-state index in [1.807, 2.05) is 42.6 Å². The van der Waals surface area contributed by atoms with Crippen LogP contribution in [0.1, 0.15) is 52.7 Å². The molecule has 0 aliphatic heterocycles. The number of benzene rings is 3. The van der Waals surface area contributed by atoms with E-state index in [-0.39, 0.29) is 21.4 Å². The summed E-state index contributed by atoms with van der Waals surface area (Å²) >= 11 is 0. The van der Waals surface area contributed by atoms with Crippen molar-refractivity contribution >= 4 is 16.5 Å². The summed E-state index contributed by atoms with van der Waals surface area (Å²) in [5.74, 6) is 0. The molecule has 0 aliphatic rings. The van der Waals surface area contributed by atoms with Gasteiger partial charge in [0.25, 0.3) is 5.69 Å². The van der Waals surface area contributed by atoms with Gasteiger partial charge in [-0.05, 0) is 56.7 Å². The largest absolute Gasteiger partial charge is 0.270 e. The minimum atomic E-state index is -0.373. The molecule has 5 nitrogen and oxygen atoms in total. The van der Waals surface area contributed by atoms with Gasteiger partial charge in [0, 0.05) is 29.3 Å². The molecule has 5 rings (SSSR count). The highest BCUT2D eigenvalue weighted by atomic mass is 16.6. The van der Waals surface area contributed by atoms with Crippen LogP contribution >= 0.6 is 0 Å². The van der Waals surface area contributed by atoms with Gasteiger partial charge in [-0.1, -0.05) is 96.1 Å². The second-order valence-electron chi connectivity index (χ2n) is 12.1. The Morgan fingerprint density at radius 3 is 1.87 bits per heavy atom. The van der Waals surface area contributed by atoms with Crippen molar-refractivity contribution in [3.8, 4) is 33.8 Å². The summed E-state index contributed by atoms with van der Waals surface area (Å²) in [6.45, 7) is 13.4. The summed E-state index contributed by atoms with van der Waals surface area (Å²) in [4.78, 5) is 20.8. The Hall–Kier alpha value is -4.38. The first-order valence-corrected chi connectivity index (χ1v) is 13.2. The smallest absolute Gasteiger partial charge is 0.258 e. The zero-order chi connectivity index (χ0) is 27.9. The Labute approximate surface area is 229 Å². The molecule has 196 valence electrons. The van der Waals surface area contributed by atoms with E-state index in [1.54, 1.807) is 12.1 Å². The molecule has 0 saturated heterocycles. The van der Waals surface area contributed by atoms with Crippen LogP contribution in [-0.2, 0) is 10.8 Å². The summed E-state index contributed by atoms with van der Waals surface area (Å²) in [6, 6.07) is 27.7. The van der Waals surface area contributed by atoms with Crippen LogP contribution in [-0.4, -0.2) is 14.9 Å². The van der Waals surface area contributed by atoms with Crippen molar-refractivity contribution in [3.05, 3.63) is 112 Å².